The molecule has 3 rings (SSSR count). The summed E-state index contributed by atoms with van der Waals surface area (Å²) in [5, 5.41) is 13.4. The second-order valence-corrected chi connectivity index (χ2v) is 5.44. The van der Waals surface area contributed by atoms with Crippen LogP contribution in [-0.4, -0.2) is 23.2 Å². The largest absolute Gasteiger partial charge is 0.396 e. The Kier molecular flexibility index (Phi) is 4.83. The number of fused-ring (bicyclic) bond motifs is 1. The second kappa shape index (κ2) is 7.20. The van der Waals surface area contributed by atoms with Gasteiger partial charge in [0.1, 0.15) is 5.82 Å². The van der Waals surface area contributed by atoms with Crippen LogP contribution in [0.2, 0.25) is 0 Å². The first-order valence-corrected chi connectivity index (χ1v) is 7.78. The van der Waals surface area contributed by atoms with Gasteiger partial charge in [-0.3, -0.25) is 0 Å². The zero-order chi connectivity index (χ0) is 16.1. The van der Waals surface area contributed by atoms with Crippen molar-refractivity contribution in [2.75, 3.05) is 18.5 Å². The van der Waals surface area contributed by atoms with Crippen molar-refractivity contribution < 1.29 is 9.50 Å². The molecule has 0 spiro atoms. The molecule has 2 N–H and O–H groups in total. The second-order valence-electron chi connectivity index (χ2n) is 5.44. The van der Waals surface area contributed by atoms with Crippen LogP contribution in [0, 0.1) is 5.82 Å². The topological polar surface area (TPSA) is 45.1 Å². The van der Waals surface area contributed by atoms with E-state index in [9.17, 15) is 4.39 Å². The van der Waals surface area contributed by atoms with Gasteiger partial charge in [-0.25, -0.2) is 9.37 Å². The quantitative estimate of drug-likeness (QED) is 0.670. The molecule has 0 saturated heterocycles. The maximum atomic E-state index is 13.1. The number of hydrogen-bond donors (Lipinski definition) is 2. The third-order valence-electron chi connectivity index (χ3n) is 3.76. The maximum absolute atomic E-state index is 13.1. The number of halogens is 1. The molecule has 0 bridgehead atoms. The van der Waals surface area contributed by atoms with Crippen LogP contribution >= 0.6 is 0 Å². The number of anilines is 1. The lowest BCUT2D eigenvalue weighted by atomic mass is 10.1. The van der Waals surface area contributed by atoms with Gasteiger partial charge in [-0.2, -0.15) is 0 Å². The molecule has 0 atom stereocenters. The lowest BCUT2D eigenvalue weighted by Gasteiger charge is -2.12. The zero-order valence-electron chi connectivity index (χ0n) is 12.8. The van der Waals surface area contributed by atoms with E-state index in [4.69, 9.17) is 5.11 Å². The van der Waals surface area contributed by atoms with E-state index in [1.54, 1.807) is 12.1 Å². The Labute approximate surface area is 134 Å². The van der Waals surface area contributed by atoms with Crippen LogP contribution in [0.5, 0.6) is 0 Å². The van der Waals surface area contributed by atoms with Crippen molar-refractivity contribution in [2.45, 2.75) is 12.8 Å². The molecule has 0 aliphatic rings. The van der Waals surface area contributed by atoms with Gasteiger partial charge in [0.15, 0.2) is 0 Å². The van der Waals surface area contributed by atoms with Crippen molar-refractivity contribution >= 4 is 16.6 Å². The summed E-state index contributed by atoms with van der Waals surface area (Å²) in [6, 6.07) is 16.3. The standard InChI is InChI=1S/C19H19FN2O/c20-15-9-7-14(8-10-15)18-13-19(21-11-3-4-12-23)16-5-1-2-6-17(16)22-18/h1-2,5-10,13,23H,3-4,11-12H2,(H,21,22). The number of aliphatic hydroxyl groups is 1. The number of benzene rings is 2. The molecule has 0 aliphatic heterocycles. The molecule has 118 valence electrons. The van der Waals surface area contributed by atoms with E-state index in [2.05, 4.69) is 10.3 Å². The monoisotopic (exact) mass is 310 g/mol. The number of unbranched alkanes of at least 4 members (excludes halogenated alkanes) is 1. The highest BCUT2D eigenvalue weighted by atomic mass is 19.1. The average Bonchev–Trinajstić information content (AvgIpc) is 2.59. The molecule has 3 nitrogen and oxygen atoms in total. The van der Waals surface area contributed by atoms with Crippen LogP contribution < -0.4 is 5.32 Å². The molecule has 23 heavy (non-hydrogen) atoms. The molecule has 0 amide bonds. The van der Waals surface area contributed by atoms with E-state index in [1.165, 1.54) is 12.1 Å². The summed E-state index contributed by atoms with van der Waals surface area (Å²) >= 11 is 0. The van der Waals surface area contributed by atoms with Crippen LogP contribution in [0.25, 0.3) is 22.2 Å². The first kappa shape index (κ1) is 15.4. The number of para-hydroxylation sites is 1. The minimum absolute atomic E-state index is 0.208. The first-order valence-electron chi connectivity index (χ1n) is 7.78. The van der Waals surface area contributed by atoms with Gasteiger partial charge in [-0.1, -0.05) is 18.2 Å². The van der Waals surface area contributed by atoms with Gasteiger partial charge in [-0.05, 0) is 49.2 Å². The van der Waals surface area contributed by atoms with Crippen LogP contribution in [0.15, 0.2) is 54.6 Å². The van der Waals surface area contributed by atoms with E-state index in [0.717, 1.165) is 47.2 Å². The zero-order valence-corrected chi connectivity index (χ0v) is 12.8. The fourth-order valence-corrected chi connectivity index (χ4v) is 2.55. The van der Waals surface area contributed by atoms with Crippen molar-refractivity contribution in [3.8, 4) is 11.3 Å². The number of pyridine rings is 1. The van der Waals surface area contributed by atoms with Crippen molar-refractivity contribution in [3.05, 3.63) is 60.4 Å². The molecule has 0 radical (unpaired) electrons. The number of nitrogens with one attached hydrogen (secondary N) is 1. The molecule has 1 heterocycles. The highest BCUT2D eigenvalue weighted by Crippen LogP contribution is 2.28. The Morgan fingerprint density at radius 3 is 2.57 bits per heavy atom. The van der Waals surface area contributed by atoms with Crippen LogP contribution in [-0.2, 0) is 0 Å². The fourth-order valence-electron chi connectivity index (χ4n) is 2.55. The Morgan fingerprint density at radius 2 is 1.78 bits per heavy atom. The van der Waals surface area contributed by atoms with E-state index >= 15 is 0 Å². The van der Waals surface area contributed by atoms with Crippen molar-refractivity contribution in [3.63, 3.8) is 0 Å². The normalized spacial score (nSPS) is 10.9. The molecular formula is C19H19FN2O. The molecule has 3 aromatic rings. The van der Waals surface area contributed by atoms with E-state index < -0.39 is 0 Å². The van der Waals surface area contributed by atoms with E-state index in [-0.39, 0.29) is 12.4 Å². The van der Waals surface area contributed by atoms with Gasteiger partial charge in [0.25, 0.3) is 0 Å². The molecular weight excluding hydrogens is 291 g/mol. The Hall–Kier alpha value is -2.46. The van der Waals surface area contributed by atoms with Gasteiger partial charge in [0, 0.05) is 29.8 Å². The van der Waals surface area contributed by atoms with Gasteiger partial charge < -0.3 is 10.4 Å². The number of aromatic nitrogens is 1. The third-order valence-corrected chi connectivity index (χ3v) is 3.76. The Balaban J connectivity index is 1.97. The highest BCUT2D eigenvalue weighted by Gasteiger charge is 2.07. The van der Waals surface area contributed by atoms with E-state index in [0.29, 0.717) is 0 Å². The lowest BCUT2D eigenvalue weighted by Crippen LogP contribution is -2.04. The van der Waals surface area contributed by atoms with Crippen LogP contribution in [0.4, 0.5) is 10.1 Å². The summed E-state index contributed by atoms with van der Waals surface area (Å²) in [6.07, 6.45) is 1.68. The minimum Gasteiger partial charge on any atom is -0.396 e. The van der Waals surface area contributed by atoms with Gasteiger partial charge in [0.2, 0.25) is 0 Å². The van der Waals surface area contributed by atoms with Crippen molar-refractivity contribution in [1.82, 2.24) is 4.98 Å². The number of nitrogens with zero attached hydrogens (tertiary/aromatic N) is 1. The minimum atomic E-state index is -0.253. The van der Waals surface area contributed by atoms with Crippen LogP contribution in [0.3, 0.4) is 0 Å². The molecule has 1 aromatic heterocycles. The maximum Gasteiger partial charge on any atom is 0.123 e. The summed E-state index contributed by atoms with van der Waals surface area (Å²) in [5.74, 6) is -0.253. The fraction of sp³-hybridized carbons (Fsp3) is 0.211. The SMILES string of the molecule is OCCCCNc1cc(-c2ccc(F)cc2)nc2ccccc12. The summed E-state index contributed by atoms with van der Waals surface area (Å²) in [5.41, 5.74) is 3.61. The molecule has 0 aliphatic carbocycles. The molecule has 0 fully saturated rings. The average molecular weight is 310 g/mol. The van der Waals surface area contributed by atoms with Crippen molar-refractivity contribution in [1.29, 1.82) is 0 Å². The molecule has 0 unspecified atom stereocenters. The lowest BCUT2D eigenvalue weighted by molar-refractivity contribution is 0.286. The van der Waals surface area contributed by atoms with Crippen molar-refractivity contribution in [2.24, 2.45) is 0 Å². The summed E-state index contributed by atoms with van der Waals surface area (Å²) in [4.78, 5) is 4.68. The Bertz CT molecular complexity index is 787. The summed E-state index contributed by atoms with van der Waals surface area (Å²) in [7, 11) is 0. The smallest absolute Gasteiger partial charge is 0.123 e. The summed E-state index contributed by atoms with van der Waals surface area (Å²) < 4.78 is 13.1. The number of aliphatic hydroxyl groups excluding tert-OH is 1. The van der Waals surface area contributed by atoms with Gasteiger partial charge in [0.05, 0.1) is 11.2 Å². The molecule has 4 heteroatoms. The predicted molar refractivity (Wildman–Crippen MR) is 91.9 cm³/mol. The number of hydrogen-bond acceptors (Lipinski definition) is 3. The highest BCUT2D eigenvalue weighted by molar-refractivity contribution is 5.93. The summed E-state index contributed by atoms with van der Waals surface area (Å²) in [6.45, 7) is 0.997. The molecule has 0 saturated carbocycles. The molecule has 2 aromatic carbocycles. The van der Waals surface area contributed by atoms with Crippen LogP contribution in [0.1, 0.15) is 12.8 Å². The van der Waals surface area contributed by atoms with Gasteiger partial charge >= 0.3 is 0 Å². The van der Waals surface area contributed by atoms with Gasteiger partial charge in [-0.15, -0.1) is 0 Å². The Morgan fingerprint density at radius 1 is 1.00 bits per heavy atom. The predicted octanol–water partition coefficient (Wildman–Crippen LogP) is 4.23. The third kappa shape index (κ3) is 3.66. The number of rotatable bonds is 6. The van der Waals surface area contributed by atoms with E-state index in [1.807, 2.05) is 30.3 Å². The first-order chi connectivity index (χ1) is 11.3.